The van der Waals surface area contributed by atoms with Crippen LogP contribution < -0.4 is 5.32 Å². The molecule has 144 valence electrons. The predicted octanol–water partition coefficient (Wildman–Crippen LogP) is 5.88. The van der Waals surface area contributed by atoms with Crippen LogP contribution in [0.25, 0.3) is 11.1 Å². The van der Waals surface area contributed by atoms with E-state index in [0.29, 0.717) is 23.0 Å². The fourth-order valence-corrected chi connectivity index (χ4v) is 4.24. The second-order valence-corrected chi connectivity index (χ2v) is 7.51. The molecule has 0 amide bonds. The van der Waals surface area contributed by atoms with Gasteiger partial charge in [0, 0.05) is 10.6 Å². The molecule has 3 aromatic carbocycles. The Morgan fingerprint density at radius 3 is 2.45 bits per heavy atom. The molecule has 1 aromatic heterocycles. The van der Waals surface area contributed by atoms with Crippen molar-refractivity contribution in [2.45, 2.75) is 18.5 Å². The van der Waals surface area contributed by atoms with Crippen LogP contribution >= 0.6 is 11.6 Å². The molecule has 1 aliphatic rings. The van der Waals surface area contributed by atoms with Gasteiger partial charge in [0.2, 0.25) is 5.95 Å². The predicted molar refractivity (Wildman–Crippen MR) is 112 cm³/mol. The van der Waals surface area contributed by atoms with Crippen molar-refractivity contribution in [2.75, 3.05) is 5.32 Å². The Labute approximate surface area is 173 Å². The largest absolute Gasteiger partial charge is 0.348 e. The zero-order valence-electron chi connectivity index (χ0n) is 15.5. The van der Waals surface area contributed by atoms with Crippen LogP contribution in [0.2, 0.25) is 5.02 Å². The first-order valence-electron chi connectivity index (χ1n) is 9.46. The van der Waals surface area contributed by atoms with Crippen LogP contribution in [0, 0.1) is 5.82 Å². The van der Waals surface area contributed by atoms with E-state index in [1.54, 1.807) is 16.8 Å². The van der Waals surface area contributed by atoms with Gasteiger partial charge < -0.3 is 5.32 Å². The van der Waals surface area contributed by atoms with Gasteiger partial charge in [0.05, 0.1) is 12.1 Å². The van der Waals surface area contributed by atoms with Gasteiger partial charge in [0.1, 0.15) is 12.1 Å². The van der Waals surface area contributed by atoms with Gasteiger partial charge in [-0.25, -0.2) is 9.07 Å². The van der Waals surface area contributed by atoms with Crippen molar-refractivity contribution in [3.8, 4) is 11.1 Å². The first kappa shape index (κ1) is 17.9. The summed E-state index contributed by atoms with van der Waals surface area (Å²) in [5, 5.41) is 8.11. The van der Waals surface area contributed by atoms with Crippen molar-refractivity contribution < 1.29 is 4.39 Å². The number of benzene rings is 3. The monoisotopic (exact) mass is 404 g/mol. The van der Waals surface area contributed by atoms with Crippen molar-refractivity contribution in [1.29, 1.82) is 0 Å². The van der Waals surface area contributed by atoms with E-state index in [4.69, 9.17) is 11.6 Å². The van der Waals surface area contributed by atoms with E-state index in [1.807, 2.05) is 18.2 Å². The van der Waals surface area contributed by atoms with E-state index in [-0.39, 0.29) is 17.9 Å². The van der Waals surface area contributed by atoms with Gasteiger partial charge in [0.25, 0.3) is 0 Å². The van der Waals surface area contributed by atoms with Gasteiger partial charge in [0.15, 0.2) is 0 Å². The lowest BCUT2D eigenvalue weighted by atomic mass is 9.92. The summed E-state index contributed by atoms with van der Waals surface area (Å²) in [6.07, 6.45) is 2.09. The topological polar surface area (TPSA) is 42.7 Å². The lowest BCUT2D eigenvalue weighted by Crippen LogP contribution is -2.28. The summed E-state index contributed by atoms with van der Waals surface area (Å²) in [6.45, 7) is 0. The molecule has 0 bridgehead atoms. The number of anilines is 1. The van der Waals surface area contributed by atoms with E-state index in [1.165, 1.54) is 18.0 Å². The Morgan fingerprint density at radius 2 is 1.69 bits per heavy atom. The summed E-state index contributed by atoms with van der Waals surface area (Å²) < 4.78 is 16.3. The highest BCUT2D eigenvalue weighted by atomic mass is 35.5. The van der Waals surface area contributed by atoms with E-state index < -0.39 is 0 Å². The van der Waals surface area contributed by atoms with Gasteiger partial charge in [-0.3, -0.25) is 0 Å². The second-order valence-electron chi connectivity index (χ2n) is 7.10. The quantitative estimate of drug-likeness (QED) is 0.463. The van der Waals surface area contributed by atoms with Crippen LogP contribution in [0.15, 0.2) is 79.1 Å². The molecule has 2 atom stereocenters. The molecule has 0 fully saturated rings. The molecule has 4 nitrogen and oxygen atoms in total. The van der Waals surface area contributed by atoms with Crippen molar-refractivity contribution in [1.82, 2.24) is 14.8 Å². The van der Waals surface area contributed by atoms with Crippen molar-refractivity contribution in [3.63, 3.8) is 0 Å². The highest BCUT2D eigenvalue weighted by molar-refractivity contribution is 6.31. The summed E-state index contributed by atoms with van der Waals surface area (Å²) in [4.78, 5) is 4.31. The first-order valence-corrected chi connectivity index (χ1v) is 9.84. The molecule has 1 aliphatic heterocycles. The number of rotatable bonds is 3. The minimum absolute atomic E-state index is 0.0304. The Bertz CT molecular complexity index is 1120. The average Bonchev–Trinajstić information content (AvgIpc) is 3.23. The zero-order valence-corrected chi connectivity index (χ0v) is 16.2. The Balaban J connectivity index is 1.50. The SMILES string of the molecule is Fc1cccc(Cl)c1[C@H]1C[C@@H](c2ccc(-c3ccccc3)cc2)Nc2ncnn21. The van der Waals surface area contributed by atoms with Crippen molar-refractivity contribution in [2.24, 2.45) is 0 Å². The average molecular weight is 405 g/mol. The molecule has 4 aromatic rings. The van der Waals surface area contributed by atoms with Crippen LogP contribution in [-0.2, 0) is 0 Å². The molecule has 1 N–H and O–H groups in total. The second kappa shape index (κ2) is 7.33. The molecule has 29 heavy (non-hydrogen) atoms. The minimum Gasteiger partial charge on any atom is -0.348 e. The van der Waals surface area contributed by atoms with Gasteiger partial charge in [-0.15, -0.1) is 0 Å². The molecule has 0 aliphatic carbocycles. The fourth-order valence-electron chi connectivity index (χ4n) is 3.95. The standard InChI is InChI=1S/C23H18ClFN4/c24-18-7-4-8-19(25)22(18)21-13-20(28-23-26-14-27-29(21)23)17-11-9-16(10-12-17)15-5-2-1-3-6-15/h1-12,14,20-21H,13H2,(H,26,27,28)/t20-,21+/m0/s1. The molecule has 0 unspecified atom stereocenters. The molecule has 2 heterocycles. The van der Waals surface area contributed by atoms with E-state index in [0.717, 1.165) is 11.1 Å². The molecule has 0 saturated heterocycles. The lowest BCUT2D eigenvalue weighted by Gasteiger charge is -2.32. The van der Waals surface area contributed by atoms with Crippen LogP contribution in [-0.4, -0.2) is 14.8 Å². The molecule has 6 heteroatoms. The highest BCUT2D eigenvalue weighted by Crippen LogP contribution is 2.40. The molecular weight excluding hydrogens is 387 g/mol. The third-order valence-corrected chi connectivity index (χ3v) is 5.71. The maximum Gasteiger partial charge on any atom is 0.222 e. The number of nitrogens with zero attached hydrogens (tertiary/aromatic N) is 3. The number of aromatic nitrogens is 3. The maximum atomic E-state index is 14.6. The third kappa shape index (κ3) is 3.28. The number of nitrogens with one attached hydrogen (secondary N) is 1. The Kier molecular flexibility index (Phi) is 4.52. The summed E-state index contributed by atoms with van der Waals surface area (Å²) >= 11 is 6.36. The molecule has 5 rings (SSSR count). The van der Waals surface area contributed by atoms with E-state index in [9.17, 15) is 4.39 Å². The molecular formula is C23H18ClFN4. The van der Waals surface area contributed by atoms with Crippen LogP contribution in [0.4, 0.5) is 10.3 Å². The molecule has 0 radical (unpaired) electrons. The van der Waals surface area contributed by atoms with Gasteiger partial charge >= 0.3 is 0 Å². The smallest absolute Gasteiger partial charge is 0.222 e. The summed E-state index contributed by atoms with van der Waals surface area (Å²) in [6, 6.07) is 23.1. The van der Waals surface area contributed by atoms with Gasteiger partial charge in [-0.1, -0.05) is 72.3 Å². The molecule has 0 saturated carbocycles. The Hall–Kier alpha value is -3.18. The number of hydrogen-bond donors (Lipinski definition) is 1. The number of hydrogen-bond acceptors (Lipinski definition) is 3. The van der Waals surface area contributed by atoms with Crippen molar-refractivity contribution >= 4 is 17.5 Å². The first-order chi connectivity index (χ1) is 14.2. The fraction of sp³-hybridized carbons (Fsp3) is 0.130. The summed E-state index contributed by atoms with van der Waals surface area (Å²) in [5.74, 6) is 0.279. The summed E-state index contributed by atoms with van der Waals surface area (Å²) in [5.41, 5.74) is 3.89. The zero-order chi connectivity index (χ0) is 19.8. The lowest BCUT2D eigenvalue weighted by molar-refractivity contribution is 0.416. The number of halogens is 2. The Morgan fingerprint density at radius 1 is 0.931 bits per heavy atom. The van der Waals surface area contributed by atoms with Crippen LogP contribution in [0.5, 0.6) is 0 Å². The van der Waals surface area contributed by atoms with E-state index in [2.05, 4.69) is 51.8 Å². The van der Waals surface area contributed by atoms with E-state index >= 15 is 0 Å². The van der Waals surface area contributed by atoms with Gasteiger partial charge in [-0.05, 0) is 35.2 Å². The highest BCUT2D eigenvalue weighted by Gasteiger charge is 2.32. The van der Waals surface area contributed by atoms with Crippen LogP contribution in [0.3, 0.4) is 0 Å². The van der Waals surface area contributed by atoms with Gasteiger partial charge in [-0.2, -0.15) is 10.1 Å². The third-order valence-electron chi connectivity index (χ3n) is 5.38. The van der Waals surface area contributed by atoms with Crippen LogP contribution in [0.1, 0.15) is 29.6 Å². The molecule has 0 spiro atoms. The summed E-state index contributed by atoms with van der Waals surface area (Å²) in [7, 11) is 0. The number of fused-ring (bicyclic) bond motifs is 1. The normalized spacial score (nSPS) is 18.1. The van der Waals surface area contributed by atoms with Crippen molar-refractivity contribution in [3.05, 3.63) is 101 Å². The minimum atomic E-state index is -0.332. The maximum absolute atomic E-state index is 14.6.